The quantitative estimate of drug-likeness (QED) is 0.877. The van der Waals surface area contributed by atoms with Gasteiger partial charge in [-0.15, -0.1) is 0 Å². The molecule has 0 spiro atoms. The summed E-state index contributed by atoms with van der Waals surface area (Å²) in [6, 6.07) is 7.90. The summed E-state index contributed by atoms with van der Waals surface area (Å²) in [7, 11) is -3.10. The fourth-order valence-corrected chi connectivity index (χ4v) is 3.76. The molecule has 0 bridgehead atoms. The molecule has 1 aliphatic rings. The van der Waals surface area contributed by atoms with E-state index in [1.54, 1.807) is 19.1 Å². The first kappa shape index (κ1) is 16.3. The van der Waals surface area contributed by atoms with Crippen LogP contribution in [0.25, 0.3) is 0 Å². The molecule has 21 heavy (non-hydrogen) atoms. The lowest BCUT2D eigenvalue weighted by molar-refractivity contribution is 0.439. The molecule has 1 N–H and O–H groups in total. The predicted molar refractivity (Wildman–Crippen MR) is 87.7 cm³/mol. The Balaban J connectivity index is 2.16. The molecule has 0 saturated carbocycles. The first-order valence-corrected chi connectivity index (χ1v) is 9.54. The lowest BCUT2D eigenvalue weighted by Gasteiger charge is -2.38. The Morgan fingerprint density at radius 1 is 1.19 bits per heavy atom. The van der Waals surface area contributed by atoms with Gasteiger partial charge in [-0.25, -0.2) is 8.42 Å². The molecule has 1 fully saturated rings. The van der Waals surface area contributed by atoms with Crippen LogP contribution in [0, 0.1) is 0 Å². The van der Waals surface area contributed by atoms with Gasteiger partial charge in [-0.05, 0) is 50.1 Å². The van der Waals surface area contributed by atoms with Crippen molar-refractivity contribution in [2.24, 2.45) is 0 Å². The van der Waals surface area contributed by atoms with Crippen molar-refractivity contribution in [3.05, 3.63) is 24.3 Å². The second-order valence-electron chi connectivity index (χ2n) is 5.55. The molecule has 5 heteroatoms. The minimum Gasteiger partial charge on any atom is -0.367 e. The molecule has 0 aliphatic carbocycles. The van der Waals surface area contributed by atoms with E-state index in [-0.39, 0.29) is 5.75 Å². The topological polar surface area (TPSA) is 49.4 Å². The first-order valence-electron chi connectivity index (χ1n) is 7.88. The average Bonchev–Trinajstić information content (AvgIpc) is 2.53. The van der Waals surface area contributed by atoms with Crippen LogP contribution in [0.5, 0.6) is 0 Å². The second-order valence-corrected chi connectivity index (χ2v) is 7.83. The van der Waals surface area contributed by atoms with Crippen molar-refractivity contribution in [2.75, 3.05) is 30.3 Å². The second kappa shape index (κ2) is 7.27. The third-order valence-corrected chi connectivity index (χ3v) is 5.92. The molecule has 118 valence electrons. The van der Waals surface area contributed by atoms with Crippen molar-refractivity contribution < 1.29 is 8.42 Å². The van der Waals surface area contributed by atoms with Gasteiger partial charge >= 0.3 is 0 Å². The Hall–Kier alpha value is -1.07. The maximum atomic E-state index is 11.9. The normalized spacial score (nSPS) is 19.7. The Kier molecular flexibility index (Phi) is 5.65. The van der Waals surface area contributed by atoms with Gasteiger partial charge in [0.25, 0.3) is 0 Å². The van der Waals surface area contributed by atoms with E-state index in [2.05, 4.69) is 17.1 Å². The Morgan fingerprint density at radius 2 is 1.90 bits per heavy atom. The zero-order chi connectivity index (χ0) is 15.3. The summed E-state index contributed by atoms with van der Waals surface area (Å²) < 4.78 is 23.7. The van der Waals surface area contributed by atoms with Crippen molar-refractivity contribution in [3.8, 4) is 0 Å². The molecule has 0 aromatic heterocycles. The lowest BCUT2D eigenvalue weighted by Crippen LogP contribution is -2.45. The van der Waals surface area contributed by atoms with Crippen LogP contribution in [0.4, 0.5) is 5.69 Å². The fourth-order valence-electron chi connectivity index (χ4n) is 2.88. The molecule has 1 aliphatic heterocycles. The van der Waals surface area contributed by atoms with E-state index in [9.17, 15) is 8.42 Å². The Labute approximate surface area is 128 Å². The molecular weight excluding hydrogens is 284 g/mol. The minimum absolute atomic E-state index is 0.152. The standard InChI is InChI=1S/C16H26N2O2S/c1-3-17-13-15-7-5-6-12-18(15)14-8-10-16(11-9-14)21(19,20)4-2/h8-11,15,17H,3-7,12-13H2,1-2H3. The third-order valence-electron chi connectivity index (χ3n) is 4.16. The first-order chi connectivity index (χ1) is 10.1. The molecule has 1 atom stereocenters. The summed E-state index contributed by atoms with van der Waals surface area (Å²) >= 11 is 0. The fraction of sp³-hybridized carbons (Fsp3) is 0.625. The van der Waals surface area contributed by atoms with Gasteiger partial charge in [0.1, 0.15) is 0 Å². The summed E-state index contributed by atoms with van der Waals surface area (Å²) in [4.78, 5) is 2.84. The van der Waals surface area contributed by atoms with Gasteiger partial charge in [0.05, 0.1) is 10.6 Å². The van der Waals surface area contributed by atoms with E-state index in [4.69, 9.17) is 0 Å². The molecule has 1 aromatic carbocycles. The molecule has 4 nitrogen and oxygen atoms in total. The van der Waals surface area contributed by atoms with E-state index < -0.39 is 9.84 Å². The van der Waals surface area contributed by atoms with Crippen LogP contribution in [-0.4, -0.2) is 39.8 Å². The van der Waals surface area contributed by atoms with Crippen molar-refractivity contribution in [1.82, 2.24) is 5.32 Å². The van der Waals surface area contributed by atoms with Gasteiger partial charge in [0.2, 0.25) is 0 Å². The zero-order valence-electron chi connectivity index (χ0n) is 13.0. The van der Waals surface area contributed by atoms with Crippen LogP contribution in [0.3, 0.4) is 0 Å². The SMILES string of the molecule is CCNCC1CCCCN1c1ccc(S(=O)(=O)CC)cc1. The third kappa shape index (κ3) is 3.98. The smallest absolute Gasteiger partial charge is 0.178 e. The molecular formula is C16H26N2O2S. The maximum absolute atomic E-state index is 11.9. The van der Waals surface area contributed by atoms with Crippen LogP contribution in [0.2, 0.25) is 0 Å². The van der Waals surface area contributed by atoms with Gasteiger partial charge in [0.15, 0.2) is 9.84 Å². The number of sulfone groups is 1. The lowest BCUT2D eigenvalue weighted by atomic mass is 10.0. The molecule has 0 amide bonds. The van der Waals surface area contributed by atoms with Crippen LogP contribution in [0.15, 0.2) is 29.2 Å². The maximum Gasteiger partial charge on any atom is 0.178 e. The largest absolute Gasteiger partial charge is 0.367 e. The summed E-state index contributed by atoms with van der Waals surface area (Å²) in [5.41, 5.74) is 1.13. The predicted octanol–water partition coefficient (Wildman–Crippen LogP) is 2.45. The van der Waals surface area contributed by atoms with Crippen LogP contribution in [0.1, 0.15) is 33.1 Å². The van der Waals surface area contributed by atoms with Gasteiger partial charge in [-0.1, -0.05) is 13.8 Å². The average molecular weight is 310 g/mol. The minimum atomic E-state index is -3.10. The van der Waals surface area contributed by atoms with E-state index in [1.165, 1.54) is 19.3 Å². The molecule has 1 saturated heterocycles. The van der Waals surface area contributed by atoms with Gasteiger partial charge in [-0.2, -0.15) is 0 Å². The monoisotopic (exact) mass is 310 g/mol. The van der Waals surface area contributed by atoms with Gasteiger partial charge in [-0.3, -0.25) is 0 Å². The number of benzene rings is 1. The summed E-state index contributed by atoms with van der Waals surface area (Å²) in [6.07, 6.45) is 3.68. The van der Waals surface area contributed by atoms with Gasteiger partial charge in [0, 0.05) is 24.8 Å². The summed E-state index contributed by atoms with van der Waals surface area (Å²) in [6.45, 7) is 6.83. The Morgan fingerprint density at radius 3 is 2.52 bits per heavy atom. The number of hydrogen-bond donors (Lipinski definition) is 1. The molecule has 1 heterocycles. The van der Waals surface area contributed by atoms with Crippen molar-refractivity contribution in [1.29, 1.82) is 0 Å². The van der Waals surface area contributed by atoms with Crippen molar-refractivity contribution in [2.45, 2.75) is 44.0 Å². The molecule has 0 radical (unpaired) electrons. The number of hydrogen-bond acceptors (Lipinski definition) is 4. The van der Waals surface area contributed by atoms with Gasteiger partial charge < -0.3 is 10.2 Å². The molecule has 1 aromatic rings. The Bertz CT molecular complexity index is 540. The summed E-state index contributed by atoms with van der Waals surface area (Å²) in [5, 5.41) is 3.42. The number of nitrogens with one attached hydrogen (secondary N) is 1. The zero-order valence-corrected chi connectivity index (χ0v) is 13.8. The van der Waals surface area contributed by atoms with Crippen LogP contribution >= 0.6 is 0 Å². The number of anilines is 1. The van der Waals surface area contributed by atoms with Crippen molar-refractivity contribution >= 4 is 15.5 Å². The van der Waals surface area contributed by atoms with E-state index >= 15 is 0 Å². The highest BCUT2D eigenvalue weighted by Gasteiger charge is 2.22. The molecule has 2 rings (SSSR count). The highest BCUT2D eigenvalue weighted by molar-refractivity contribution is 7.91. The highest BCUT2D eigenvalue weighted by atomic mass is 32.2. The van der Waals surface area contributed by atoms with Crippen LogP contribution in [-0.2, 0) is 9.84 Å². The summed E-state index contributed by atoms with van der Waals surface area (Å²) in [5.74, 6) is 0.152. The van der Waals surface area contributed by atoms with E-state index in [0.29, 0.717) is 10.9 Å². The number of piperidine rings is 1. The van der Waals surface area contributed by atoms with Crippen LogP contribution < -0.4 is 10.2 Å². The molecule has 1 unspecified atom stereocenters. The van der Waals surface area contributed by atoms with E-state index in [1.807, 2.05) is 12.1 Å². The van der Waals surface area contributed by atoms with Crippen molar-refractivity contribution in [3.63, 3.8) is 0 Å². The number of likely N-dealkylation sites (N-methyl/N-ethyl adjacent to an activating group) is 1. The number of nitrogens with zero attached hydrogens (tertiary/aromatic N) is 1. The number of rotatable bonds is 6. The highest BCUT2D eigenvalue weighted by Crippen LogP contribution is 2.26. The van der Waals surface area contributed by atoms with E-state index in [0.717, 1.165) is 25.3 Å².